The number of ether oxygens (including phenoxy) is 1. The molecule has 2 aromatic rings. The van der Waals surface area contributed by atoms with E-state index in [9.17, 15) is 4.39 Å². The van der Waals surface area contributed by atoms with E-state index in [1.54, 1.807) is 6.07 Å². The first kappa shape index (κ1) is 15.0. The molecule has 2 aromatic carbocycles. The Morgan fingerprint density at radius 1 is 1.15 bits per heavy atom. The second-order valence-electron chi connectivity index (χ2n) is 4.56. The average Bonchev–Trinajstić information content (AvgIpc) is 2.42. The van der Waals surface area contributed by atoms with E-state index in [1.165, 1.54) is 17.7 Å². The summed E-state index contributed by atoms with van der Waals surface area (Å²) >= 11 is 3.30. The Labute approximate surface area is 127 Å². The molecule has 0 aliphatic rings. The molecule has 4 heteroatoms. The smallest absolute Gasteiger partial charge is 0.141 e. The van der Waals surface area contributed by atoms with Crippen LogP contribution in [0.15, 0.2) is 40.9 Å². The zero-order valence-electron chi connectivity index (χ0n) is 11.5. The normalized spacial score (nSPS) is 10.6. The van der Waals surface area contributed by atoms with Gasteiger partial charge in [0.25, 0.3) is 0 Å². The third kappa shape index (κ3) is 3.81. The van der Waals surface area contributed by atoms with E-state index in [1.807, 2.05) is 19.1 Å². The number of halogens is 2. The molecule has 0 saturated heterocycles. The Balaban J connectivity index is 2.17. The molecule has 106 valence electrons. The van der Waals surface area contributed by atoms with Crippen molar-refractivity contribution in [3.63, 3.8) is 0 Å². The number of nitrogens with one attached hydrogen (secondary N) is 1. The highest BCUT2D eigenvalue weighted by atomic mass is 79.9. The van der Waals surface area contributed by atoms with Crippen LogP contribution in [0.1, 0.15) is 18.1 Å². The molecular formula is C16H17BrFNO. The van der Waals surface area contributed by atoms with Gasteiger partial charge in [0.05, 0.1) is 4.47 Å². The Morgan fingerprint density at radius 2 is 1.90 bits per heavy atom. The van der Waals surface area contributed by atoms with Gasteiger partial charge in [-0.15, -0.1) is 0 Å². The quantitative estimate of drug-likeness (QED) is 0.846. The molecule has 1 N–H and O–H groups in total. The number of hydrogen-bond acceptors (Lipinski definition) is 2. The fourth-order valence-corrected chi connectivity index (χ4v) is 2.31. The van der Waals surface area contributed by atoms with E-state index in [2.05, 4.69) is 34.2 Å². The van der Waals surface area contributed by atoms with Gasteiger partial charge in [-0.3, -0.25) is 0 Å². The van der Waals surface area contributed by atoms with Crippen LogP contribution in [0.25, 0.3) is 0 Å². The van der Waals surface area contributed by atoms with E-state index in [-0.39, 0.29) is 5.82 Å². The molecular weight excluding hydrogens is 321 g/mol. The van der Waals surface area contributed by atoms with Crippen molar-refractivity contribution in [2.24, 2.45) is 0 Å². The van der Waals surface area contributed by atoms with Crippen LogP contribution in [-0.2, 0) is 6.54 Å². The summed E-state index contributed by atoms with van der Waals surface area (Å²) < 4.78 is 19.5. The zero-order chi connectivity index (χ0) is 14.5. The van der Waals surface area contributed by atoms with Crippen molar-refractivity contribution in [3.05, 3.63) is 57.8 Å². The molecule has 0 heterocycles. The van der Waals surface area contributed by atoms with E-state index in [0.717, 1.165) is 24.4 Å². The number of benzene rings is 2. The fraction of sp³-hybridized carbons (Fsp3) is 0.250. The lowest BCUT2D eigenvalue weighted by Gasteiger charge is -2.12. The van der Waals surface area contributed by atoms with Gasteiger partial charge in [-0.2, -0.15) is 0 Å². The minimum Gasteiger partial charge on any atom is -0.456 e. The van der Waals surface area contributed by atoms with Crippen LogP contribution in [0.4, 0.5) is 4.39 Å². The molecule has 0 fully saturated rings. The monoisotopic (exact) mass is 337 g/mol. The van der Waals surface area contributed by atoms with E-state index in [4.69, 9.17) is 4.74 Å². The highest BCUT2D eigenvalue weighted by Gasteiger charge is 2.07. The van der Waals surface area contributed by atoms with Gasteiger partial charge in [-0.1, -0.05) is 19.1 Å². The predicted octanol–water partition coefficient (Wildman–Crippen LogP) is 4.80. The molecule has 0 atom stereocenters. The number of aryl methyl sites for hydroxylation is 1. The highest BCUT2D eigenvalue weighted by molar-refractivity contribution is 9.10. The van der Waals surface area contributed by atoms with Gasteiger partial charge in [-0.05, 0) is 64.8 Å². The zero-order valence-corrected chi connectivity index (χ0v) is 13.1. The summed E-state index contributed by atoms with van der Waals surface area (Å²) in [4.78, 5) is 0. The van der Waals surface area contributed by atoms with Gasteiger partial charge in [0.2, 0.25) is 0 Å². The highest BCUT2D eigenvalue weighted by Crippen LogP contribution is 2.32. The summed E-state index contributed by atoms with van der Waals surface area (Å²) in [5, 5.41) is 3.29. The second kappa shape index (κ2) is 6.86. The van der Waals surface area contributed by atoms with Crippen LogP contribution in [0.3, 0.4) is 0 Å². The summed E-state index contributed by atoms with van der Waals surface area (Å²) in [5.74, 6) is 1.09. The standard InChI is InChI=1S/C16H17BrFNO/c1-3-19-10-12-4-6-15(11(2)8-12)20-16-7-5-13(18)9-14(16)17/h4-9,19H,3,10H2,1-2H3. The van der Waals surface area contributed by atoms with Crippen molar-refractivity contribution in [1.82, 2.24) is 5.32 Å². The summed E-state index contributed by atoms with van der Waals surface area (Å²) in [6.45, 7) is 5.87. The lowest BCUT2D eigenvalue weighted by Crippen LogP contribution is -2.11. The molecule has 0 spiro atoms. The molecule has 0 amide bonds. The van der Waals surface area contributed by atoms with Gasteiger partial charge >= 0.3 is 0 Å². The van der Waals surface area contributed by atoms with Crippen LogP contribution in [0, 0.1) is 12.7 Å². The van der Waals surface area contributed by atoms with Crippen molar-refractivity contribution >= 4 is 15.9 Å². The van der Waals surface area contributed by atoms with Crippen LogP contribution < -0.4 is 10.1 Å². The average molecular weight is 338 g/mol. The first-order chi connectivity index (χ1) is 9.60. The molecule has 0 bridgehead atoms. The fourth-order valence-electron chi connectivity index (χ4n) is 1.88. The van der Waals surface area contributed by atoms with Crippen molar-refractivity contribution in [2.45, 2.75) is 20.4 Å². The molecule has 0 unspecified atom stereocenters. The lowest BCUT2D eigenvalue weighted by atomic mass is 10.1. The maximum Gasteiger partial charge on any atom is 0.141 e. The summed E-state index contributed by atoms with van der Waals surface area (Å²) in [5.41, 5.74) is 2.27. The first-order valence-corrected chi connectivity index (χ1v) is 7.32. The van der Waals surface area contributed by atoms with Crippen LogP contribution in [-0.4, -0.2) is 6.54 Å². The summed E-state index contributed by atoms with van der Waals surface area (Å²) in [6.07, 6.45) is 0. The third-order valence-corrected chi connectivity index (χ3v) is 3.55. The molecule has 2 rings (SSSR count). The van der Waals surface area contributed by atoms with Crippen molar-refractivity contribution in [3.8, 4) is 11.5 Å². The van der Waals surface area contributed by atoms with Gasteiger partial charge in [0.15, 0.2) is 0 Å². The van der Waals surface area contributed by atoms with Gasteiger partial charge in [-0.25, -0.2) is 4.39 Å². The van der Waals surface area contributed by atoms with E-state index >= 15 is 0 Å². The third-order valence-electron chi connectivity index (χ3n) is 2.93. The Bertz CT molecular complexity index is 601. The van der Waals surface area contributed by atoms with Crippen molar-refractivity contribution < 1.29 is 9.13 Å². The maximum atomic E-state index is 13.0. The number of hydrogen-bond donors (Lipinski definition) is 1. The molecule has 0 aliphatic carbocycles. The Kier molecular flexibility index (Phi) is 5.15. The molecule has 20 heavy (non-hydrogen) atoms. The van der Waals surface area contributed by atoms with Gasteiger partial charge in [0.1, 0.15) is 17.3 Å². The molecule has 0 aliphatic heterocycles. The summed E-state index contributed by atoms with van der Waals surface area (Å²) in [6, 6.07) is 10.5. The first-order valence-electron chi connectivity index (χ1n) is 6.53. The minimum atomic E-state index is -0.290. The van der Waals surface area contributed by atoms with E-state index < -0.39 is 0 Å². The number of rotatable bonds is 5. The Hall–Kier alpha value is -1.39. The van der Waals surface area contributed by atoms with Crippen molar-refractivity contribution in [2.75, 3.05) is 6.54 Å². The Morgan fingerprint density at radius 3 is 2.55 bits per heavy atom. The SMILES string of the molecule is CCNCc1ccc(Oc2ccc(F)cc2Br)c(C)c1. The lowest BCUT2D eigenvalue weighted by molar-refractivity contribution is 0.473. The summed E-state index contributed by atoms with van der Waals surface area (Å²) in [7, 11) is 0. The minimum absolute atomic E-state index is 0.290. The van der Waals surface area contributed by atoms with Gasteiger partial charge < -0.3 is 10.1 Å². The van der Waals surface area contributed by atoms with Gasteiger partial charge in [0, 0.05) is 6.54 Å². The topological polar surface area (TPSA) is 21.3 Å². The maximum absolute atomic E-state index is 13.0. The van der Waals surface area contributed by atoms with Crippen molar-refractivity contribution in [1.29, 1.82) is 0 Å². The molecule has 0 radical (unpaired) electrons. The molecule has 2 nitrogen and oxygen atoms in total. The van der Waals surface area contributed by atoms with Crippen LogP contribution in [0.2, 0.25) is 0 Å². The largest absolute Gasteiger partial charge is 0.456 e. The van der Waals surface area contributed by atoms with Crippen LogP contribution >= 0.6 is 15.9 Å². The van der Waals surface area contributed by atoms with E-state index in [0.29, 0.717) is 10.2 Å². The molecule has 0 saturated carbocycles. The molecule has 0 aromatic heterocycles. The van der Waals surface area contributed by atoms with Crippen LogP contribution in [0.5, 0.6) is 11.5 Å². The second-order valence-corrected chi connectivity index (χ2v) is 5.41. The predicted molar refractivity (Wildman–Crippen MR) is 82.7 cm³/mol.